The van der Waals surface area contributed by atoms with Crippen LogP contribution in [0.5, 0.6) is 0 Å². The van der Waals surface area contributed by atoms with Gasteiger partial charge in [0.2, 0.25) is 0 Å². The van der Waals surface area contributed by atoms with Crippen molar-refractivity contribution in [1.82, 2.24) is 4.90 Å². The lowest BCUT2D eigenvalue weighted by molar-refractivity contribution is -0.139. The van der Waals surface area contributed by atoms with E-state index in [1.165, 1.54) is 0 Å². The smallest absolute Gasteiger partial charge is 0.333 e. The van der Waals surface area contributed by atoms with E-state index in [2.05, 4.69) is 42.7 Å². The fourth-order valence-corrected chi connectivity index (χ4v) is 1.21. The molecule has 0 aliphatic rings. The molecular weight excluding hydrogens is 226 g/mol. The lowest BCUT2D eigenvalue weighted by Gasteiger charge is -2.15. The Labute approximate surface area is 111 Å². The molecule has 0 bridgehead atoms. The van der Waals surface area contributed by atoms with E-state index in [0.717, 1.165) is 25.9 Å². The molecule has 0 amide bonds. The zero-order valence-electron chi connectivity index (χ0n) is 11.8. The Balaban J connectivity index is 3.57. The van der Waals surface area contributed by atoms with Gasteiger partial charge in [-0.1, -0.05) is 37.8 Å². The van der Waals surface area contributed by atoms with Gasteiger partial charge in [-0.05, 0) is 26.8 Å². The molecule has 0 aliphatic heterocycles. The summed E-state index contributed by atoms with van der Waals surface area (Å²) in [5.41, 5.74) is 0.447. The summed E-state index contributed by atoms with van der Waals surface area (Å²) in [4.78, 5) is 13.3. The molecule has 0 aromatic heterocycles. The minimum atomic E-state index is -0.312. The van der Waals surface area contributed by atoms with Crippen LogP contribution < -0.4 is 0 Å². The largest absolute Gasteiger partial charge is 0.461 e. The van der Waals surface area contributed by atoms with Crippen LogP contribution in [0.1, 0.15) is 26.7 Å². The number of hydrogen-bond donors (Lipinski definition) is 0. The van der Waals surface area contributed by atoms with Gasteiger partial charge in [0, 0.05) is 18.7 Å². The second-order valence-corrected chi connectivity index (χ2v) is 4.27. The monoisotopic (exact) mass is 251 g/mol. The standard InChI is InChI=1S/C15H25NO2/c1-5-6-7-8-9-10-11-16(4)12-13-18-15(17)14(2)3/h6-9H,2,5,10-13H2,1,3-4H3. The van der Waals surface area contributed by atoms with Crippen molar-refractivity contribution < 1.29 is 9.53 Å². The third kappa shape index (κ3) is 9.85. The number of rotatable bonds is 9. The third-order valence-electron chi connectivity index (χ3n) is 2.35. The van der Waals surface area contributed by atoms with Gasteiger partial charge >= 0.3 is 5.97 Å². The Kier molecular flexibility index (Phi) is 9.97. The number of ether oxygens (including phenoxy) is 1. The van der Waals surface area contributed by atoms with E-state index in [4.69, 9.17) is 4.74 Å². The van der Waals surface area contributed by atoms with Gasteiger partial charge in [-0.3, -0.25) is 0 Å². The fourth-order valence-electron chi connectivity index (χ4n) is 1.21. The summed E-state index contributed by atoms with van der Waals surface area (Å²) < 4.78 is 5.02. The van der Waals surface area contributed by atoms with Gasteiger partial charge in [0.05, 0.1) is 0 Å². The summed E-state index contributed by atoms with van der Waals surface area (Å²) in [7, 11) is 2.02. The Morgan fingerprint density at radius 2 is 1.94 bits per heavy atom. The molecule has 0 fully saturated rings. The molecule has 0 atom stereocenters. The van der Waals surface area contributed by atoms with Gasteiger partial charge in [0.1, 0.15) is 6.61 Å². The maximum Gasteiger partial charge on any atom is 0.333 e. The molecule has 0 aliphatic carbocycles. The SMILES string of the molecule is C=C(C)C(=O)OCCN(C)CCC=CC=CCC. The molecule has 0 aromatic carbocycles. The highest BCUT2D eigenvalue weighted by molar-refractivity contribution is 5.86. The predicted molar refractivity (Wildman–Crippen MR) is 76.5 cm³/mol. The first-order chi connectivity index (χ1) is 8.57. The molecule has 0 unspecified atom stereocenters. The van der Waals surface area contributed by atoms with Crippen molar-refractivity contribution in [2.75, 3.05) is 26.7 Å². The maximum atomic E-state index is 11.1. The minimum absolute atomic E-state index is 0.312. The zero-order chi connectivity index (χ0) is 13.8. The first-order valence-corrected chi connectivity index (χ1v) is 6.40. The van der Waals surface area contributed by atoms with Crippen molar-refractivity contribution in [3.05, 3.63) is 36.5 Å². The van der Waals surface area contributed by atoms with E-state index in [9.17, 15) is 4.79 Å². The lowest BCUT2D eigenvalue weighted by atomic mass is 10.3. The number of carbonyl (C=O) groups is 1. The van der Waals surface area contributed by atoms with Crippen LogP contribution in [0, 0.1) is 0 Å². The molecule has 102 valence electrons. The number of esters is 1. The maximum absolute atomic E-state index is 11.1. The molecule has 3 heteroatoms. The Bertz CT molecular complexity index is 306. The highest BCUT2D eigenvalue weighted by Crippen LogP contribution is 1.94. The number of carbonyl (C=O) groups excluding carboxylic acids is 1. The number of likely N-dealkylation sites (N-methyl/N-ethyl adjacent to an activating group) is 1. The van der Waals surface area contributed by atoms with Gasteiger partial charge in [-0.2, -0.15) is 0 Å². The van der Waals surface area contributed by atoms with Crippen molar-refractivity contribution in [3.63, 3.8) is 0 Å². The number of hydrogen-bond acceptors (Lipinski definition) is 3. The van der Waals surface area contributed by atoms with E-state index >= 15 is 0 Å². The van der Waals surface area contributed by atoms with Gasteiger partial charge in [0.15, 0.2) is 0 Å². The van der Waals surface area contributed by atoms with E-state index in [0.29, 0.717) is 12.2 Å². The lowest BCUT2D eigenvalue weighted by Crippen LogP contribution is -2.25. The van der Waals surface area contributed by atoms with Crippen LogP contribution in [0.3, 0.4) is 0 Å². The quantitative estimate of drug-likeness (QED) is 0.358. The molecule has 0 spiro atoms. The summed E-state index contributed by atoms with van der Waals surface area (Å²) in [6.07, 6.45) is 10.5. The van der Waals surface area contributed by atoms with Gasteiger partial charge in [-0.15, -0.1) is 0 Å². The average molecular weight is 251 g/mol. The molecule has 3 nitrogen and oxygen atoms in total. The van der Waals surface area contributed by atoms with Crippen molar-refractivity contribution in [3.8, 4) is 0 Å². The fraction of sp³-hybridized carbons (Fsp3) is 0.533. The molecule has 18 heavy (non-hydrogen) atoms. The second kappa shape index (κ2) is 10.8. The summed E-state index contributed by atoms with van der Waals surface area (Å²) in [6.45, 7) is 9.43. The Morgan fingerprint density at radius 3 is 2.56 bits per heavy atom. The third-order valence-corrected chi connectivity index (χ3v) is 2.35. The highest BCUT2D eigenvalue weighted by Gasteiger charge is 2.03. The van der Waals surface area contributed by atoms with Crippen molar-refractivity contribution in [1.29, 1.82) is 0 Å². The summed E-state index contributed by atoms with van der Waals surface area (Å²) in [5.74, 6) is -0.312. The highest BCUT2D eigenvalue weighted by atomic mass is 16.5. The average Bonchev–Trinajstić information content (AvgIpc) is 2.33. The van der Waals surface area contributed by atoms with Crippen molar-refractivity contribution >= 4 is 5.97 Å². The van der Waals surface area contributed by atoms with Gasteiger partial charge < -0.3 is 9.64 Å². The van der Waals surface area contributed by atoms with Crippen LogP contribution in [0.2, 0.25) is 0 Å². The first-order valence-electron chi connectivity index (χ1n) is 6.40. The van der Waals surface area contributed by atoms with Gasteiger partial charge in [-0.25, -0.2) is 4.79 Å². The number of allylic oxidation sites excluding steroid dienone is 3. The van der Waals surface area contributed by atoms with Crippen LogP contribution >= 0.6 is 0 Å². The summed E-state index contributed by atoms with van der Waals surface area (Å²) in [5, 5.41) is 0. The van der Waals surface area contributed by atoms with Crippen LogP contribution in [-0.2, 0) is 9.53 Å². The van der Waals surface area contributed by atoms with Crippen LogP contribution in [0.4, 0.5) is 0 Å². The van der Waals surface area contributed by atoms with E-state index in [1.54, 1.807) is 6.92 Å². The van der Waals surface area contributed by atoms with E-state index < -0.39 is 0 Å². The van der Waals surface area contributed by atoms with E-state index in [1.807, 2.05) is 7.05 Å². The van der Waals surface area contributed by atoms with Crippen LogP contribution in [-0.4, -0.2) is 37.6 Å². The Morgan fingerprint density at radius 1 is 1.28 bits per heavy atom. The van der Waals surface area contributed by atoms with Crippen molar-refractivity contribution in [2.24, 2.45) is 0 Å². The molecule has 0 saturated carbocycles. The van der Waals surface area contributed by atoms with Gasteiger partial charge in [0.25, 0.3) is 0 Å². The normalized spacial score (nSPS) is 11.6. The minimum Gasteiger partial charge on any atom is -0.461 e. The molecule has 0 heterocycles. The second-order valence-electron chi connectivity index (χ2n) is 4.27. The molecule has 0 N–H and O–H groups in total. The number of nitrogens with zero attached hydrogens (tertiary/aromatic N) is 1. The molecule has 0 rings (SSSR count). The van der Waals surface area contributed by atoms with Crippen LogP contribution in [0.25, 0.3) is 0 Å². The summed E-state index contributed by atoms with van der Waals surface area (Å²) in [6, 6.07) is 0. The molecular formula is C15H25NO2. The Hall–Kier alpha value is -1.35. The van der Waals surface area contributed by atoms with E-state index in [-0.39, 0.29) is 5.97 Å². The summed E-state index contributed by atoms with van der Waals surface area (Å²) >= 11 is 0. The molecule has 0 radical (unpaired) electrons. The topological polar surface area (TPSA) is 29.5 Å². The first kappa shape index (κ1) is 16.6. The predicted octanol–water partition coefficient (Wildman–Crippen LogP) is 2.95. The zero-order valence-corrected chi connectivity index (χ0v) is 11.8. The molecule has 0 aromatic rings. The van der Waals surface area contributed by atoms with Crippen molar-refractivity contribution in [2.45, 2.75) is 26.7 Å². The molecule has 0 saturated heterocycles. The van der Waals surface area contributed by atoms with Crippen LogP contribution in [0.15, 0.2) is 36.5 Å².